The van der Waals surface area contributed by atoms with E-state index >= 15 is 0 Å². The Balaban J connectivity index is 2.87. The van der Waals surface area contributed by atoms with Crippen LogP contribution in [0.2, 0.25) is 0 Å². The van der Waals surface area contributed by atoms with Crippen molar-refractivity contribution in [3.05, 3.63) is 35.4 Å². The number of rotatable bonds is 8. The number of nitrogens with zero attached hydrogens (tertiary/aromatic N) is 1. The zero-order chi connectivity index (χ0) is 14.3. The van der Waals surface area contributed by atoms with Crippen molar-refractivity contribution in [2.24, 2.45) is 11.7 Å². The zero-order valence-electron chi connectivity index (χ0n) is 12.7. The first-order valence-electron chi connectivity index (χ1n) is 7.08. The number of nitrogens with two attached hydrogens (primary N) is 1. The molecule has 0 amide bonds. The molecule has 0 bridgehead atoms. The topological polar surface area (TPSA) is 38.5 Å². The summed E-state index contributed by atoms with van der Waals surface area (Å²) in [6.07, 6.45) is 0. The summed E-state index contributed by atoms with van der Waals surface area (Å²) in [6.45, 7) is 9.95. The lowest BCUT2D eigenvalue weighted by atomic mass is 10.0. The SMILES string of the molecule is COCCN(CC(C)C)C(CN)c1cccc(C)c1. The van der Waals surface area contributed by atoms with Gasteiger partial charge in [-0.2, -0.15) is 0 Å². The highest BCUT2D eigenvalue weighted by molar-refractivity contribution is 5.25. The van der Waals surface area contributed by atoms with Gasteiger partial charge in [0.15, 0.2) is 0 Å². The van der Waals surface area contributed by atoms with Crippen molar-refractivity contribution in [1.29, 1.82) is 0 Å². The van der Waals surface area contributed by atoms with Crippen LogP contribution < -0.4 is 5.73 Å². The molecule has 3 nitrogen and oxygen atoms in total. The first-order chi connectivity index (χ1) is 9.08. The lowest BCUT2D eigenvalue weighted by molar-refractivity contribution is 0.112. The molecule has 0 saturated heterocycles. The molecule has 0 spiro atoms. The maximum Gasteiger partial charge on any atom is 0.0589 e. The second-order valence-corrected chi connectivity index (χ2v) is 5.55. The molecule has 1 atom stereocenters. The summed E-state index contributed by atoms with van der Waals surface area (Å²) in [7, 11) is 1.75. The van der Waals surface area contributed by atoms with Gasteiger partial charge in [-0.3, -0.25) is 4.90 Å². The molecule has 19 heavy (non-hydrogen) atoms. The fraction of sp³-hybridized carbons (Fsp3) is 0.625. The van der Waals surface area contributed by atoms with Crippen molar-refractivity contribution in [2.75, 3.05) is 33.4 Å². The Labute approximate surface area is 117 Å². The van der Waals surface area contributed by atoms with E-state index in [-0.39, 0.29) is 6.04 Å². The summed E-state index contributed by atoms with van der Waals surface area (Å²) in [4.78, 5) is 2.43. The Bertz CT molecular complexity index is 366. The van der Waals surface area contributed by atoms with E-state index < -0.39 is 0 Å². The monoisotopic (exact) mass is 264 g/mol. The third kappa shape index (κ3) is 5.31. The van der Waals surface area contributed by atoms with Crippen LogP contribution in [-0.4, -0.2) is 38.3 Å². The third-order valence-electron chi connectivity index (χ3n) is 3.27. The molecule has 1 aromatic carbocycles. The van der Waals surface area contributed by atoms with E-state index in [1.807, 2.05) is 0 Å². The molecular weight excluding hydrogens is 236 g/mol. The first-order valence-corrected chi connectivity index (χ1v) is 7.08. The predicted molar refractivity (Wildman–Crippen MR) is 81.3 cm³/mol. The molecule has 0 aromatic heterocycles. The summed E-state index contributed by atoms with van der Waals surface area (Å²) in [5.41, 5.74) is 8.61. The van der Waals surface area contributed by atoms with E-state index in [1.54, 1.807) is 7.11 Å². The zero-order valence-corrected chi connectivity index (χ0v) is 12.7. The molecule has 0 aliphatic carbocycles. The van der Waals surface area contributed by atoms with Crippen molar-refractivity contribution in [3.8, 4) is 0 Å². The molecule has 0 saturated carbocycles. The smallest absolute Gasteiger partial charge is 0.0589 e. The van der Waals surface area contributed by atoms with Crippen molar-refractivity contribution < 1.29 is 4.74 Å². The van der Waals surface area contributed by atoms with Gasteiger partial charge in [-0.15, -0.1) is 0 Å². The lowest BCUT2D eigenvalue weighted by Gasteiger charge is -2.32. The van der Waals surface area contributed by atoms with E-state index in [0.717, 1.165) is 19.7 Å². The minimum atomic E-state index is 0.275. The van der Waals surface area contributed by atoms with E-state index in [1.165, 1.54) is 11.1 Å². The number of hydrogen-bond donors (Lipinski definition) is 1. The van der Waals surface area contributed by atoms with Crippen LogP contribution in [0.1, 0.15) is 31.0 Å². The van der Waals surface area contributed by atoms with E-state index in [0.29, 0.717) is 12.5 Å². The average Bonchev–Trinajstić information content (AvgIpc) is 2.36. The fourth-order valence-electron chi connectivity index (χ4n) is 2.43. The van der Waals surface area contributed by atoms with Crippen LogP contribution in [0, 0.1) is 12.8 Å². The maximum atomic E-state index is 6.02. The Morgan fingerprint density at radius 3 is 2.58 bits per heavy atom. The Kier molecular flexibility index (Phi) is 7.06. The van der Waals surface area contributed by atoms with Gasteiger partial charge in [0.05, 0.1) is 6.61 Å². The molecule has 1 rings (SSSR count). The van der Waals surface area contributed by atoms with Crippen molar-refractivity contribution in [1.82, 2.24) is 4.90 Å². The van der Waals surface area contributed by atoms with Gasteiger partial charge in [0.2, 0.25) is 0 Å². The maximum absolute atomic E-state index is 6.02. The molecule has 2 N–H and O–H groups in total. The molecule has 0 heterocycles. The van der Waals surface area contributed by atoms with Gasteiger partial charge in [-0.05, 0) is 18.4 Å². The van der Waals surface area contributed by atoms with Gasteiger partial charge in [0.1, 0.15) is 0 Å². The summed E-state index contributed by atoms with van der Waals surface area (Å²) >= 11 is 0. The average molecular weight is 264 g/mol. The van der Waals surface area contributed by atoms with Gasteiger partial charge < -0.3 is 10.5 Å². The number of aryl methyl sites for hydroxylation is 1. The number of benzene rings is 1. The van der Waals surface area contributed by atoms with Crippen LogP contribution >= 0.6 is 0 Å². The van der Waals surface area contributed by atoms with Gasteiger partial charge in [0.25, 0.3) is 0 Å². The van der Waals surface area contributed by atoms with Gasteiger partial charge in [-0.25, -0.2) is 0 Å². The number of hydrogen-bond acceptors (Lipinski definition) is 3. The highest BCUT2D eigenvalue weighted by Gasteiger charge is 2.19. The van der Waals surface area contributed by atoms with E-state index in [2.05, 4.69) is 49.9 Å². The van der Waals surface area contributed by atoms with E-state index in [4.69, 9.17) is 10.5 Å². The molecule has 1 unspecified atom stereocenters. The van der Waals surface area contributed by atoms with Gasteiger partial charge >= 0.3 is 0 Å². The standard InChI is InChI=1S/C16H28N2O/c1-13(2)12-18(8-9-19-4)16(11-17)15-7-5-6-14(3)10-15/h5-7,10,13,16H,8-9,11-12,17H2,1-4H3. The van der Waals surface area contributed by atoms with Crippen LogP contribution in [0.3, 0.4) is 0 Å². The van der Waals surface area contributed by atoms with Crippen molar-refractivity contribution in [3.63, 3.8) is 0 Å². The largest absolute Gasteiger partial charge is 0.383 e. The van der Waals surface area contributed by atoms with Crippen LogP contribution in [0.25, 0.3) is 0 Å². The number of ether oxygens (including phenoxy) is 1. The second-order valence-electron chi connectivity index (χ2n) is 5.55. The minimum Gasteiger partial charge on any atom is -0.383 e. The first kappa shape index (κ1) is 16.2. The number of methoxy groups -OCH3 is 1. The lowest BCUT2D eigenvalue weighted by Crippen LogP contribution is -2.38. The molecule has 1 aromatic rings. The summed E-state index contributed by atoms with van der Waals surface area (Å²) < 4.78 is 5.23. The second kappa shape index (κ2) is 8.31. The molecular formula is C16H28N2O. The highest BCUT2D eigenvalue weighted by Crippen LogP contribution is 2.21. The van der Waals surface area contributed by atoms with Crippen molar-refractivity contribution >= 4 is 0 Å². The quantitative estimate of drug-likeness (QED) is 0.784. The van der Waals surface area contributed by atoms with Crippen LogP contribution in [0.4, 0.5) is 0 Å². The van der Waals surface area contributed by atoms with Gasteiger partial charge in [-0.1, -0.05) is 43.7 Å². The third-order valence-corrected chi connectivity index (χ3v) is 3.27. The Morgan fingerprint density at radius 2 is 2.05 bits per heavy atom. The molecule has 0 aliphatic heterocycles. The Morgan fingerprint density at radius 1 is 1.32 bits per heavy atom. The molecule has 0 fully saturated rings. The summed E-state index contributed by atoms with van der Waals surface area (Å²) in [5, 5.41) is 0. The summed E-state index contributed by atoms with van der Waals surface area (Å²) in [5.74, 6) is 0.621. The molecule has 0 radical (unpaired) electrons. The van der Waals surface area contributed by atoms with Gasteiger partial charge in [0, 0.05) is 32.8 Å². The van der Waals surface area contributed by atoms with Crippen molar-refractivity contribution in [2.45, 2.75) is 26.8 Å². The Hall–Kier alpha value is -0.900. The molecule has 3 heteroatoms. The molecule has 108 valence electrons. The summed E-state index contributed by atoms with van der Waals surface area (Å²) in [6, 6.07) is 8.91. The van der Waals surface area contributed by atoms with Crippen LogP contribution in [0.15, 0.2) is 24.3 Å². The fourth-order valence-corrected chi connectivity index (χ4v) is 2.43. The molecule has 0 aliphatic rings. The minimum absolute atomic E-state index is 0.275. The van der Waals surface area contributed by atoms with Crippen LogP contribution in [-0.2, 0) is 4.74 Å². The predicted octanol–water partition coefficient (Wildman–Crippen LogP) is 2.60. The van der Waals surface area contributed by atoms with Crippen LogP contribution in [0.5, 0.6) is 0 Å². The van der Waals surface area contributed by atoms with E-state index in [9.17, 15) is 0 Å². The highest BCUT2D eigenvalue weighted by atomic mass is 16.5. The normalized spacial score (nSPS) is 13.2.